The molecule has 1 aliphatic carbocycles. The zero-order valence-electron chi connectivity index (χ0n) is 25.5. The zero-order valence-corrected chi connectivity index (χ0v) is 27.2. The minimum atomic E-state index is -2.62. The third kappa shape index (κ3) is 12.3. The number of aliphatic hydroxyl groups is 7. The fraction of sp³-hybridized carbons (Fsp3) is 0.955. The normalized spacial score (nSPS) is 40.9. The number of carbonyl (C=O) groups excluding carboxylic acids is 1. The third-order valence-corrected chi connectivity index (χ3v) is 8.83. The number of rotatable bonds is 15. The molecule has 25 nitrogen and oxygen atoms in total. The average Bonchev–Trinajstić information content (AvgIpc) is 3.07. The maximum atomic E-state index is 12.5. The van der Waals surface area contributed by atoms with Crippen LogP contribution in [0.3, 0.4) is 0 Å². The SMILES string of the molecule is NCCCC(=O)N[C@@H]1C[C@@H](N)[C@@H](O[C@H]2OC(CN)[C@@H](O)[C@@H](O)C2O)C(O)C1O[C@H]1OC(CO)[C@@H](O)[C@@H](N)C1O.O=S(OO)OS(=O)OOO. The molecule has 49 heavy (non-hydrogen) atoms. The standard InChI is InChI=1S/C22H43N5O12.H2O8S2/c23-3-1-2-11(29)27-8-4-7(25)19(38-22-17(34)16(33)14(31)9(5-24)36-22)18(35)20(8)39-21-15(32)12(26)13(30)10(6-28)37-21;1-5-7-10(4)8-9(3)6-2/h7-10,12-22,28,30-35H,1-6,23-26H2,(H,27,29);1-2H/t7-,8-,9?,10?,12-,13-,14-,15?,16-,17?,18?,19-,20?,21-,22-;/m1./s1. The van der Waals surface area contributed by atoms with Crippen LogP contribution in [0.4, 0.5) is 0 Å². The van der Waals surface area contributed by atoms with Crippen LogP contribution in [-0.2, 0) is 63.8 Å². The molecular formula is C22H45N5O20S2. The number of ether oxygens (including phenoxy) is 4. The summed E-state index contributed by atoms with van der Waals surface area (Å²) < 4.78 is 52.5. The van der Waals surface area contributed by atoms with Gasteiger partial charge >= 0.3 is 22.7 Å². The molecule has 0 spiro atoms. The Balaban J connectivity index is 0.000000722. The van der Waals surface area contributed by atoms with Gasteiger partial charge in [-0.1, -0.05) is 9.37 Å². The lowest BCUT2D eigenvalue weighted by molar-refractivity contribution is -0.436. The highest BCUT2D eigenvalue weighted by molar-refractivity contribution is 7.88. The topological polar surface area (TPSA) is 423 Å². The molecule has 17 atom stereocenters. The Morgan fingerprint density at radius 2 is 1.43 bits per heavy atom. The van der Waals surface area contributed by atoms with Gasteiger partial charge in [0, 0.05) is 19.0 Å². The lowest BCUT2D eigenvalue weighted by Crippen LogP contribution is -2.69. The van der Waals surface area contributed by atoms with Gasteiger partial charge in [-0.3, -0.25) is 4.79 Å². The Labute approximate surface area is 283 Å². The first kappa shape index (κ1) is 44.1. The largest absolute Gasteiger partial charge is 0.394 e. The van der Waals surface area contributed by atoms with E-state index in [0.717, 1.165) is 0 Å². The fourth-order valence-electron chi connectivity index (χ4n) is 5.13. The van der Waals surface area contributed by atoms with Gasteiger partial charge < -0.3 is 82.9 Å². The summed E-state index contributed by atoms with van der Waals surface area (Å²) in [6, 6.07) is -3.14. The van der Waals surface area contributed by atoms with E-state index >= 15 is 0 Å². The lowest BCUT2D eigenvalue weighted by Gasteiger charge is -2.48. The Morgan fingerprint density at radius 3 is 2.00 bits per heavy atom. The van der Waals surface area contributed by atoms with Crippen LogP contribution in [-0.4, -0.2) is 172 Å². The van der Waals surface area contributed by atoms with E-state index in [4.69, 9.17) is 52.4 Å². The summed E-state index contributed by atoms with van der Waals surface area (Å²) in [5.74, 6) is -0.405. The molecule has 0 aromatic rings. The number of aliphatic hydroxyl groups excluding tert-OH is 7. The molecule has 290 valence electrons. The van der Waals surface area contributed by atoms with E-state index < -0.39 is 127 Å². The van der Waals surface area contributed by atoms with Gasteiger partial charge in [-0.2, -0.15) is 8.42 Å². The molecule has 0 aromatic heterocycles. The molecule has 1 amide bonds. The van der Waals surface area contributed by atoms with Gasteiger partial charge in [0.25, 0.3) is 0 Å². The van der Waals surface area contributed by atoms with Gasteiger partial charge in [-0.05, 0) is 19.4 Å². The summed E-state index contributed by atoms with van der Waals surface area (Å²) in [5.41, 5.74) is 23.2. The van der Waals surface area contributed by atoms with Crippen molar-refractivity contribution in [2.24, 2.45) is 22.9 Å². The molecule has 2 heterocycles. The molecule has 2 saturated heterocycles. The predicted octanol–water partition coefficient (Wildman–Crippen LogP) is -8.32. The van der Waals surface area contributed by atoms with Gasteiger partial charge in [0.1, 0.15) is 61.0 Å². The molecule has 0 radical (unpaired) electrons. The Hall–Kier alpha value is -1.07. The first-order valence-corrected chi connectivity index (χ1v) is 16.5. The minimum Gasteiger partial charge on any atom is -0.394 e. The van der Waals surface area contributed by atoms with Crippen LogP contribution in [0, 0.1) is 0 Å². The molecule has 8 unspecified atom stereocenters. The molecule has 3 aliphatic rings. The lowest BCUT2D eigenvalue weighted by atomic mass is 9.83. The van der Waals surface area contributed by atoms with E-state index in [-0.39, 0.29) is 25.9 Å². The number of carbonyl (C=O) groups is 1. The zero-order chi connectivity index (χ0) is 37.0. The molecule has 1 saturated carbocycles. The number of hydrogen-bond acceptors (Lipinski definition) is 24. The van der Waals surface area contributed by atoms with Gasteiger partial charge in [0.05, 0.1) is 18.7 Å². The molecular weight excluding hydrogens is 718 g/mol. The maximum Gasteiger partial charge on any atom is 0.351 e. The maximum absolute atomic E-state index is 12.5. The second kappa shape index (κ2) is 21.5. The first-order chi connectivity index (χ1) is 23.1. The van der Waals surface area contributed by atoms with Crippen molar-refractivity contribution in [3.63, 3.8) is 0 Å². The summed E-state index contributed by atoms with van der Waals surface area (Å²) in [6.07, 6.45) is -17.0. The van der Waals surface area contributed by atoms with Crippen molar-refractivity contribution in [2.75, 3.05) is 19.7 Å². The molecule has 2 aliphatic heterocycles. The molecule has 0 bridgehead atoms. The van der Waals surface area contributed by atoms with Crippen molar-refractivity contribution in [2.45, 2.75) is 111 Å². The predicted molar refractivity (Wildman–Crippen MR) is 156 cm³/mol. The average molecular weight is 764 g/mol. The van der Waals surface area contributed by atoms with Crippen LogP contribution in [0.1, 0.15) is 19.3 Å². The second-order valence-corrected chi connectivity index (χ2v) is 12.5. The van der Waals surface area contributed by atoms with Crippen molar-refractivity contribution in [1.82, 2.24) is 5.32 Å². The Kier molecular flexibility index (Phi) is 19.3. The van der Waals surface area contributed by atoms with E-state index in [1.54, 1.807) is 0 Å². The van der Waals surface area contributed by atoms with Crippen LogP contribution >= 0.6 is 0 Å². The van der Waals surface area contributed by atoms with Crippen molar-refractivity contribution in [3.05, 3.63) is 0 Å². The van der Waals surface area contributed by atoms with E-state index in [9.17, 15) is 49.0 Å². The summed E-state index contributed by atoms with van der Waals surface area (Å²) in [4.78, 5) is 12.5. The van der Waals surface area contributed by atoms with Crippen LogP contribution in [0.25, 0.3) is 0 Å². The van der Waals surface area contributed by atoms with Gasteiger partial charge in [0.2, 0.25) is 5.91 Å². The third-order valence-electron chi connectivity index (χ3n) is 7.65. The molecule has 0 aromatic carbocycles. The monoisotopic (exact) mass is 763 g/mol. The van der Waals surface area contributed by atoms with Crippen molar-refractivity contribution >= 4 is 28.6 Å². The van der Waals surface area contributed by atoms with E-state index in [2.05, 4.69) is 22.7 Å². The van der Waals surface area contributed by atoms with Gasteiger partial charge in [0.15, 0.2) is 12.6 Å². The number of amides is 1. The van der Waals surface area contributed by atoms with Crippen LogP contribution < -0.4 is 28.3 Å². The van der Waals surface area contributed by atoms with E-state index in [1.165, 1.54) is 0 Å². The fourth-order valence-corrected chi connectivity index (χ4v) is 5.74. The second-order valence-electron chi connectivity index (χ2n) is 10.9. The summed E-state index contributed by atoms with van der Waals surface area (Å²) >= 11 is -5.23. The summed E-state index contributed by atoms with van der Waals surface area (Å²) in [5, 5.41) is 92.8. The summed E-state index contributed by atoms with van der Waals surface area (Å²) in [7, 11) is 0. The molecule has 18 N–H and O–H groups in total. The highest BCUT2D eigenvalue weighted by atomic mass is 32.3. The Bertz CT molecular complexity index is 1040. The minimum absolute atomic E-state index is 0.0179. The smallest absolute Gasteiger partial charge is 0.351 e. The first-order valence-electron chi connectivity index (χ1n) is 14.5. The molecule has 3 rings (SSSR count). The highest BCUT2D eigenvalue weighted by Gasteiger charge is 2.52. The summed E-state index contributed by atoms with van der Waals surface area (Å²) in [6.45, 7) is -0.575. The van der Waals surface area contributed by atoms with Gasteiger partial charge in [-0.15, -0.1) is 7.96 Å². The molecule has 3 fully saturated rings. The van der Waals surface area contributed by atoms with Crippen molar-refractivity contribution in [1.29, 1.82) is 0 Å². The van der Waals surface area contributed by atoms with Crippen LogP contribution in [0.15, 0.2) is 0 Å². The Morgan fingerprint density at radius 1 is 0.816 bits per heavy atom. The van der Waals surface area contributed by atoms with E-state index in [0.29, 0.717) is 6.42 Å². The van der Waals surface area contributed by atoms with Crippen LogP contribution in [0.2, 0.25) is 0 Å². The van der Waals surface area contributed by atoms with Crippen LogP contribution in [0.5, 0.6) is 0 Å². The number of hydrogen-bond donors (Lipinski definition) is 14. The van der Waals surface area contributed by atoms with Gasteiger partial charge in [-0.25, -0.2) is 10.5 Å². The quantitative estimate of drug-likeness (QED) is 0.0544. The van der Waals surface area contributed by atoms with Crippen molar-refractivity contribution in [3.8, 4) is 0 Å². The highest BCUT2D eigenvalue weighted by Crippen LogP contribution is 2.32. The molecule has 27 heteroatoms. The van der Waals surface area contributed by atoms with Crippen molar-refractivity contribution < 1.29 is 95.8 Å². The number of nitrogens with one attached hydrogen (secondary N) is 1. The number of nitrogens with two attached hydrogens (primary N) is 4. The van der Waals surface area contributed by atoms with E-state index in [1.807, 2.05) is 0 Å².